The highest BCUT2D eigenvalue weighted by Crippen LogP contribution is 2.37. The third-order valence-electron chi connectivity index (χ3n) is 2.63. The molecule has 2 aromatic rings. The lowest BCUT2D eigenvalue weighted by molar-refractivity contribution is -0.138. The lowest BCUT2D eigenvalue weighted by atomic mass is 10.2. The van der Waals surface area contributed by atoms with Gasteiger partial charge in [-0.3, -0.25) is 0 Å². The van der Waals surface area contributed by atoms with Crippen LogP contribution >= 0.6 is 0 Å². The van der Waals surface area contributed by atoms with Crippen LogP contribution in [0.1, 0.15) is 16.8 Å². The van der Waals surface area contributed by atoms with Crippen molar-refractivity contribution in [3.05, 3.63) is 53.2 Å². The van der Waals surface area contributed by atoms with Crippen LogP contribution in [0.3, 0.4) is 0 Å². The van der Waals surface area contributed by atoms with Gasteiger partial charge in [0.25, 0.3) is 0 Å². The summed E-state index contributed by atoms with van der Waals surface area (Å²) in [7, 11) is 0. The zero-order valence-electron chi connectivity index (χ0n) is 10.7. The minimum atomic E-state index is -4.48. The molecule has 0 spiro atoms. The Morgan fingerprint density at radius 3 is 2.55 bits per heavy atom. The summed E-state index contributed by atoms with van der Waals surface area (Å²) in [6.45, 7) is 1.99. The van der Waals surface area contributed by atoms with Crippen LogP contribution in [0.15, 0.2) is 36.4 Å². The Morgan fingerprint density at radius 2 is 1.90 bits per heavy atom. The molecular weight excluding hydrogens is 269 g/mol. The molecule has 2 N–H and O–H groups in total. The van der Waals surface area contributed by atoms with Gasteiger partial charge in [0.05, 0.1) is 5.56 Å². The van der Waals surface area contributed by atoms with Gasteiger partial charge in [-0.15, -0.1) is 0 Å². The van der Waals surface area contributed by atoms with Crippen LogP contribution in [0.2, 0.25) is 0 Å². The fraction of sp³-hybridized carbons (Fsp3) is 0.214. The standard InChI is InChI=1S/C14H13F3N2O/c1-9-6-10(8-18)7-13(19-9)20-12-5-3-2-4-11(12)14(15,16)17/h2-7H,8,18H2,1H3. The molecule has 0 amide bonds. The van der Waals surface area contributed by atoms with Gasteiger partial charge in [0.1, 0.15) is 5.75 Å². The van der Waals surface area contributed by atoms with Gasteiger partial charge >= 0.3 is 6.18 Å². The zero-order valence-corrected chi connectivity index (χ0v) is 10.7. The van der Waals surface area contributed by atoms with Crippen molar-refractivity contribution < 1.29 is 17.9 Å². The predicted octanol–water partition coefficient (Wildman–Crippen LogP) is 3.66. The first-order valence-electron chi connectivity index (χ1n) is 5.92. The van der Waals surface area contributed by atoms with Gasteiger partial charge in [-0.25, -0.2) is 4.98 Å². The fourth-order valence-electron chi connectivity index (χ4n) is 1.78. The van der Waals surface area contributed by atoms with Gasteiger partial charge in [-0.1, -0.05) is 12.1 Å². The van der Waals surface area contributed by atoms with Crippen molar-refractivity contribution >= 4 is 0 Å². The summed E-state index contributed by atoms with van der Waals surface area (Å²) in [5.74, 6) is -0.178. The van der Waals surface area contributed by atoms with Crippen LogP contribution in [0, 0.1) is 6.92 Å². The Hall–Kier alpha value is -2.08. The van der Waals surface area contributed by atoms with Crippen LogP contribution in [0.5, 0.6) is 11.6 Å². The summed E-state index contributed by atoms with van der Waals surface area (Å²) in [4.78, 5) is 4.06. The number of pyridine rings is 1. The Balaban J connectivity index is 2.38. The van der Waals surface area contributed by atoms with E-state index >= 15 is 0 Å². The number of para-hydroxylation sites is 1. The van der Waals surface area contributed by atoms with E-state index in [0.29, 0.717) is 5.69 Å². The number of aryl methyl sites for hydroxylation is 1. The molecule has 0 fully saturated rings. The van der Waals surface area contributed by atoms with Crippen LogP contribution in [0.25, 0.3) is 0 Å². The highest BCUT2D eigenvalue weighted by atomic mass is 19.4. The fourth-order valence-corrected chi connectivity index (χ4v) is 1.78. The zero-order chi connectivity index (χ0) is 14.8. The molecule has 0 radical (unpaired) electrons. The molecule has 0 aliphatic rings. The number of aromatic nitrogens is 1. The summed E-state index contributed by atoms with van der Waals surface area (Å²) < 4.78 is 43.8. The smallest absolute Gasteiger partial charge is 0.419 e. The van der Waals surface area contributed by atoms with E-state index in [1.54, 1.807) is 13.0 Å². The highest BCUT2D eigenvalue weighted by molar-refractivity contribution is 5.38. The first-order valence-corrected chi connectivity index (χ1v) is 5.92. The number of halogens is 3. The lowest BCUT2D eigenvalue weighted by Gasteiger charge is -2.13. The maximum atomic E-state index is 12.9. The van der Waals surface area contributed by atoms with Crippen LogP contribution in [0.4, 0.5) is 13.2 Å². The minimum absolute atomic E-state index is 0.0992. The number of ether oxygens (including phenoxy) is 1. The quantitative estimate of drug-likeness (QED) is 0.934. The molecule has 106 valence electrons. The second-order valence-corrected chi connectivity index (χ2v) is 4.26. The number of rotatable bonds is 3. The Bertz CT molecular complexity index is 612. The maximum Gasteiger partial charge on any atom is 0.419 e. The molecule has 0 saturated heterocycles. The minimum Gasteiger partial charge on any atom is -0.438 e. The predicted molar refractivity (Wildman–Crippen MR) is 68.4 cm³/mol. The Labute approximate surface area is 114 Å². The molecule has 0 unspecified atom stereocenters. The van der Waals surface area contributed by atoms with Gasteiger partial charge in [0, 0.05) is 18.3 Å². The molecule has 0 aliphatic carbocycles. The number of benzene rings is 1. The largest absolute Gasteiger partial charge is 0.438 e. The summed E-state index contributed by atoms with van der Waals surface area (Å²) in [5, 5.41) is 0. The van der Waals surface area contributed by atoms with Crippen molar-refractivity contribution in [2.45, 2.75) is 19.6 Å². The molecule has 1 aromatic carbocycles. The molecule has 0 atom stereocenters. The number of hydrogen-bond acceptors (Lipinski definition) is 3. The Morgan fingerprint density at radius 1 is 1.20 bits per heavy atom. The lowest BCUT2D eigenvalue weighted by Crippen LogP contribution is -2.07. The van der Waals surface area contributed by atoms with E-state index in [2.05, 4.69) is 4.98 Å². The number of nitrogens with two attached hydrogens (primary N) is 1. The molecule has 0 aliphatic heterocycles. The van der Waals surface area contributed by atoms with Gasteiger partial charge < -0.3 is 10.5 Å². The van der Waals surface area contributed by atoms with Crippen molar-refractivity contribution in [1.29, 1.82) is 0 Å². The average Bonchev–Trinajstić information content (AvgIpc) is 2.37. The molecule has 1 heterocycles. The molecule has 2 rings (SSSR count). The molecule has 20 heavy (non-hydrogen) atoms. The number of hydrogen-bond donors (Lipinski definition) is 1. The third-order valence-corrected chi connectivity index (χ3v) is 2.63. The summed E-state index contributed by atoms with van der Waals surface area (Å²) in [6, 6.07) is 8.29. The van der Waals surface area contributed by atoms with E-state index < -0.39 is 11.7 Å². The van der Waals surface area contributed by atoms with Crippen molar-refractivity contribution in [1.82, 2.24) is 4.98 Å². The van der Waals surface area contributed by atoms with Crippen molar-refractivity contribution in [2.75, 3.05) is 0 Å². The van der Waals surface area contributed by atoms with Crippen LogP contribution in [-0.4, -0.2) is 4.98 Å². The summed E-state index contributed by atoms with van der Waals surface area (Å²) in [5.41, 5.74) is 6.06. The molecule has 1 aromatic heterocycles. The second kappa shape index (κ2) is 5.50. The van der Waals surface area contributed by atoms with Gasteiger partial charge in [0.15, 0.2) is 0 Å². The van der Waals surface area contributed by atoms with E-state index in [9.17, 15) is 13.2 Å². The first-order chi connectivity index (χ1) is 9.40. The van der Waals surface area contributed by atoms with Crippen molar-refractivity contribution in [2.24, 2.45) is 5.73 Å². The Kier molecular flexibility index (Phi) is 3.94. The first kappa shape index (κ1) is 14.3. The normalized spacial score (nSPS) is 11.4. The molecule has 3 nitrogen and oxygen atoms in total. The van der Waals surface area contributed by atoms with Crippen molar-refractivity contribution in [3.63, 3.8) is 0 Å². The topological polar surface area (TPSA) is 48.1 Å². The molecule has 0 saturated carbocycles. The van der Waals surface area contributed by atoms with E-state index in [0.717, 1.165) is 11.6 Å². The van der Waals surface area contributed by atoms with Gasteiger partial charge in [-0.05, 0) is 30.7 Å². The molecule has 0 bridgehead atoms. The third kappa shape index (κ3) is 3.27. The SMILES string of the molecule is Cc1cc(CN)cc(Oc2ccccc2C(F)(F)F)n1. The van der Waals surface area contributed by atoms with E-state index in [4.69, 9.17) is 10.5 Å². The number of nitrogens with zero attached hydrogens (tertiary/aromatic N) is 1. The number of alkyl halides is 3. The van der Waals surface area contributed by atoms with Crippen LogP contribution < -0.4 is 10.5 Å². The van der Waals surface area contributed by atoms with Gasteiger partial charge in [0.2, 0.25) is 5.88 Å². The molecule has 6 heteroatoms. The van der Waals surface area contributed by atoms with Gasteiger partial charge in [-0.2, -0.15) is 13.2 Å². The highest BCUT2D eigenvalue weighted by Gasteiger charge is 2.34. The second-order valence-electron chi connectivity index (χ2n) is 4.26. The van der Waals surface area contributed by atoms with Crippen LogP contribution in [-0.2, 0) is 12.7 Å². The monoisotopic (exact) mass is 282 g/mol. The van der Waals surface area contributed by atoms with Crippen molar-refractivity contribution in [3.8, 4) is 11.6 Å². The van der Waals surface area contributed by atoms with E-state index in [-0.39, 0.29) is 18.2 Å². The average molecular weight is 282 g/mol. The summed E-state index contributed by atoms with van der Waals surface area (Å²) >= 11 is 0. The molecular formula is C14H13F3N2O. The maximum absolute atomic E-state index is 12.9. The summed E-state index contributed by atoms with van der Waals surface area (Å²) in [6.07, 6.45) is -4.48. The van der Waals surface area contributed by atoms with E-state index in [1.165, 1.54) is 24.3 Å². The van der Waals surface area contributed by atoms with E-state index in [1.807, 2.05) is 0 Å².